The summed E-state index contributed by atoms with van der Waals surface area (Å²) in [5.41, 5.74) is 7.49. The van der Waals surface area contributed by atoms with Gasteiger partial charge in [0.25, 0.3) is 5.91 Å². The molecule has 2 aromatic rings. The molecular weight excluding hydrogens is 356 g/mol. The first-order chi connectivity index (χ1) is 12.1. The van der Waals surface area contributed by atoms with Gasteiger partial charge in [-0.3, -0.25) is 9.80 Å². The van der Waals surface area contributed by atoms with E-state index in [0.29, 0.717) is 23.6 Å². The van der Waals surface area contributed by atoms with E-state index in [9.17, 15) is 4.79 Å². The van der Waals surface area contributed by atoms with Gasteiger partial charge in [-0.15, -0.1) is 11.3 Å². The van der Waals surface area contributed by atoms with E-state index in [4.69, 9.17) is 17.3 Å². The molecule has 1 aromatic heterocycles. The van der Waals surface area contributed by atoms with E-state index in [-0.39, 0.29) is 18.0 Å². The summed E-state index contributed by atoms with van der Waals surface area (Å²) in [4.78, 5) is 13.7. The molecule has 1 aliphatic rings. The maximum Gasteiger partial charge on any atom is 0.252 e. The van der Waals surface area contributed by atoms with Crippen LogP contribution >= 0.6 is 22.9 Å². The van der Waals surface area contributed by atoms with E-state index in [2.05, 4.69) is 10.4 Å². The summed E-state index contributed by atoms with van der Waals surface area (Å²) < 4.78 is 0. The van der Waals surface area contributed by atoms with E-state index in [1.54, 1.807) is 11.3 Å². The lowest BCUT2D eigenvalue weighted by Crippen LogP contribution is -2.41. The number of benzene rings is 1. The SMILES string of the molecule is CN1N=CCC1c1cc(C(=O)N[C@H](CN)Cc2ccccc2Cl)cs1. The fraction of sp³-hybridized carbons (Fsp3) is 0.333. The number of hydrogen-bond acceptors (Lipinski definition) is 5. The average molecular weight is 377 g/mol. The second-order valence-electron chi connectivity index (χ2n) is 6.06. The van der Waals surface area contributed by atoms with Crippen LogP contribution in [0, 0.1) is 0 Å². The largest absolute Gasteiger partial charge is 0.348 e. The molecule has 7 heteroatoms. The van der Waals surface area contributed by atoms with E-state index in [0.717, 1.165) is 16.9 Å². The van der Waals surface area contributed by atoms with Gasteiger partial charge in [-0.25, -0.2) is 0 Å². The number of hydrazone groups is 1. The minimum atomic E-state index is -0.159. The molecule has 0 aliphatic carbocycles. The van der Waals surface area contributed by atoms with Crippen LogP contribution < -0.4 is 11.1 Å². The van der Waals surface area contributed by atoms with E-state index in [1.807, 2.05) is 54.0 Å². The fourth-order valence-corrected chi connectivity index (χ4v) is 4.10. The van der Waals surface area contributed by atoms with Gasteiger partial charge in [-0.05, 0) is 24.1 Å². The summed E-state index contributed by atoms with van der Waals surface area (Å²) in [5.74, 6) is -0.105. The third kappa shape index (κ3) is 4.21. The second kappa shape index (κ2) is 7.99. The number of nitrogens with zero attached hydrogens (tertiary/aromatic N) is 2. The van der Waals surface area contributed by atoms with E-state index < -0.39 is 0 Å². The molecular formula is C18H21ClN4OS. The number of thiophene rings is 1. The monoisotopic (exact) mass is 376 g/mol. The molecule has 2 heterocycles. The molecule has 2 atom stereocenters. The molecule has 0 saturated heterocycles. The van der Waals surface area contributed by atoms with Crippen LogP contribution in [-0.4, -0.2) is 36.8 Å². The minimum absolute atomic E-state index is 0.105. The Kier molecular flexibility index (Phi) is 5.73. The molecule has 3 N–H and O–H groups in total. The van der Waals surface area contributed by atoms with Crippen molar-refractivity contribution < 1.29 is 4.79 Å². The van der Waals surface area contributed by atoms with Gasteiger partial charge in [-0.1, -0.05) is 29.8 Å². The van der Waals surface area contributed by atoms with Gasteiger partial charge in [0, 0.05) is 47.5 Å². The molecule has 0 radical (unpaired) electrons. The predicted molar refractivity (Wildman–Crippen MR) is 103 cm³/mol. The van der Waals surface area contributed by atoms with Gasteiger partial charge >= 0.3 is 0 Å². The summed E-state index contributed by atoms with van der Waals surface area (Å²) in [6.45, 7) is 0.354. The third-order valence-corrected chi connectivity index (χ3v) is 5.70. The molecule has 1 unspecified atom stereocenters. The highest BCUT2D eigenvalue weighted by molar-refractivity contribution is 7.10. The molecule has 25 heavy (non-hydrogen) atoms. The molecule has 1 amide bonds. The zero-order valence-electron chi connectivity index (χ0n) is 14.0. The van der Waals surface area contributed by atoms with Gasteiger partial charge in [0.2, 0.25) is 0 Å². The fourth-order valence-electron chi connectivity index (χ4n) is 2.85. The lowest BCUT2D eigenvalue weighted by molar-refractivity contribution is 0.0938. The molecule has 0 spiro atoms. The maximum atomic E-state index is 12.6. The van der Waals surface area contributed by atoms with Crippen LogP contribution in [0.5, 0.6) is 0 Å². The number of halogens is 1. The molecule has 1 aromatic carbocycles. The van der Waals surface area contributed by atoms with Gasteiger partial charge in [0.05, 0.1) is 11.6 Å². The minimum Gasteiger partial charge on any atom is -0.348 e. The molecule has 0 bridgehead atoms. The van der Waals surface area contributed by atoms with Crippen LogP contribution in [0.15, 0.2) is 40.8 Å². The number of amides is 1. The van der Waals surface area contributed by atoms with E-state index >= 15 is 0 Å². The zero-order chi connectivity index (χ0) is 17.8. The van der Waals surface area contributed by atoms with Crippen LogP contribution in [-0.2, 0) is 6.42 Å². The Morgan fingerprint density at radius 1 is 1.52 bits per heavy atom. The van der Waals surface area contributed by atoms with Crippen molar-refractivity contribution >= 4 is 35.1 Å². The van der Waals surface area contributed by atoms with Gasteiger partial charge < -0.3 is 11.1 Å². The van der Waals surface area contributed by atoms with Gasteiger partial charge in [-0.2, -0.15) is 5.10 Å². The van der Waals surface area contributed by atoms with Crippen molar-refractivity contribution in [1.82, 2.24) is 10.3 Å². The molecule has 5 nitrogen and oxygen atoms in total. The lowest BCUT2D eigenvalue weighted by atomic mass is 10.1. The topological polar surface area (TPSA) is 70.7 Å². The maximum absolute atomic E-state index is 12.6. The number of hydrogen-bond donors (Lipinski definition) is 2. The molecule has 0 fully saturated rings. The third-order valence-electron chi connectivity index (χ3n) is 4.30. The van der Waals surface area contributed by atoms with Crippen molar-refractivity contribution in [3.8, 4) is 0 Å². The summed E-state index contributed by atoms with van der Waals surface area (Å²) in [5, 5.41) is 11.8. The molecule has 1 aliphatic heterocycles. The number of carbonyl (C=O) groups excluding carboxylic acids is 1. The Balaban J connectivity index is 1.64. The zero-order valence-corrected chi connectivity index (χ0v) is 15.6. The summed E-state index contributed by atoms with van der Waals surface area (Å²) in [6.07, 6.45) is 3.38. The number of rotatable bonds is 6. The number of nitrogens with two attached hydrogens (primary N) is 1. The second-order valence-corrected chi connectivity index (χ2v) is 7.41. The number of nitrogens with one attached hydrogen (secondary N) is 1. The van der Waals surface area contributed by atoms with Crippen LogP contribution in [0.25, 0.3) is 0 Å². The first-order valence-electron chi connectivity index (χ1n) is 8.16. The van der Waals surface area contributed by atoms with Crippen LogP contribution in [0.3, 0.4) is 0 Å². The van der Waals surface area contributed by atoms with Gasteiger partial charge in [0.15, 0.2) is 0 Å². The normalized spacial score (nSPS) is 17.7. The first-order valence-corrected chi connectivity index (χ1v) is 9.42. The average Bonchev–Trinajstić information content (AvgIpc) is 3.24. The van der Waals surface area contributed by atoms with Crippen molar-refractivity contribution in [1.29, 1.82) is 0 Å². The van der Waals surface area contributed by atoms with Crippen molar-refractivity contribution in [2.24, 2.45) is 10.8 Å². The lowest BCUT2D eigenvalue weighted by Gasteiger charge is -2.18. The predicted octanol–water partition coefficient (Wildman–Crippen LogP) is 3.06. The highest BCUT2D eigenvalue weighted by Gasteiger charge is 2.23. The molecule has 132 valence electrons. The summed E-state index contributed by atoms with van der Waals surface area (Å²) >= 11 is 7.79. The highest BCUT2D eigenvalue weighted by atomic mass is 35.5. The quantitative estimate of drug-likeness (QED) is 0.813. The van der Waals surface area contributed by atoms with Crippen molar-refractivity contribution in [3.63, 3.8) is 0 Å². The summed E-state index contributed by atoms with van der Waals surface area (Å²) in [6, 6.07) is 9.63. The summed E-state index contributed by atoms with van der Waals surface area (Å²) in [7, 11) is 1.95. The van der Waals surface area contributed by atoms with Crippen molar-refractivity contribution in [2.75, 3.05) is 13.6 Å². The smallest absolute Gasteiger partial charge is 0.252 e. The first kappa shape index (κ1) is 17.9. The Bertz CT molecular complexity index is 776. The van der Waals surface area contributed by atoms with Gasteiger partial charge in [0.1, 0.15) is 0 Å². The Morgan fingerprint density at radius 3 is 3.00 bits per heavy atom. The Hall–Kier alpha value is -1.89. The van der Waals surface area contributed by atoms with E-state index in [1.165, 1.54) is 0 Å². The highest BCUT2D eigenvalue weighted by Crippen LogP contribution is 2.31. The Morgan fingerprint density at radius 2 is 2.32 bits per heavy atom. The van der Waals surface area contributed by atoms with Crippen molar-refractivity contribution in [2.45, 2.75) is 24.9 Å². The Labute approximate surface area is 156 Å². The van der Waals surface area contributed by atoms with Crippen LogP contribution in [0.1, 0.15) is 33.3 Å². The molecule has 0 saturated carbocycles. The van der Waals surface area contributed by atoms with Crippen molar-refractivity contribution in [3.05, 3.63) is 56.7 Å². The van der Waals surface area contributed by atoms with Crippen LogP contribution in [0.2, 0.25) is 5.02 Å². The van der Waals surface area contributed by atoms with Crippen LogP contribution in [0.4, 0.5) is 0 Å². The molecule has 3 rings (SSSR count). The number of carbonyl (C=O) groups is 1. The standard InChI is InChI=1S/C18H21ClN4OS/c1-23-16(6-7-21-23)17-9-13(11-25-17)18(24)22-14(10-20)8-12-4-2-3-5-15(12)19/h2-5,7,9,11,14,16H,6,8,10,20H2,1H3,(H,22,24)/t14-,16?/m0/s1.